The summed E-state index contributed by atoms with van der Waals surface area (Å²) in [5, 5.41) is 0. The minimum atomic E-state index is 0.827. The molecule has 0 N–H and O–H groups in total. The Morgan fingerprint density at radius 2 is 1.36 bits per heavy atom. The van der Waals surface area contributed by atoms with Crippen molar-refractivity contribution in [1.29, 1.82) is 0 Å². The molecule has 1 aromatic heterocycles. The van der Waals surface area contributed by atoms with Crippen LogP contribution in [-0.4, -0.2) is 60.2 Å². The monoisotopic (exact) mass is 343 g/mol. The Labute approximate surface area is 152 Å². The Hall–Kier alpha value is -1.36. The second-order valence-corrected chi connectivity index (χ2v) is 8.22. The van der Waals surface area contributed by atoms with Gasteiger partial charge in [0.2, 0.25) is 0 Å². The predicted octanol–water partition coefficient (Wildman–Crippen LogP) is 3.17. The van der Waals surface area contributed by atoms with Crippen LogP contribution >= 0.6 is 0 Å². The van der Waals surface area contributed by atoms with Crippen LogP contribution < -0.4 is 9.80 Å². The molecule has 2 saturated heterocycles. The fourth-order valence-corrected chi connectivity index (χ4v) is 4.73. The van der Waals surface area contributed by atoms with E-state index in [0.717, 1.165) is 49.8 Å². The van der Waals surface area contributed by atoms with Crippen LogP contribution in [0.3, 0.4) is 0 Å². The highest BCUT2D eigenvalue weighted by molar-refractivity contribution is 5.50. The molecule has 138 valence electrons. The van der Waals surface area contributed by atoms with Crippen LogP contribution in [-0.2, 0) is 0 Å². The summed E-state index contributed by atoms with van der Waals surface area (Å²) in [4.78, 5) is 16.7. The first-order valence-electron chi connectivity index (χ1n) is 10.4. The summed E-state index contributed by atoms with van der Waals surface area (Å²) in [6, 6.07) is 3.04. The Kier molecular flexibility index (Phi) is 5.39. The van der Waals surface area contributed by atoms with Crippen LogP contribution in [0.25, 0.3) is 0 Å². The summed E-state index contributed by atoms with van der Waals surface area (Å²) < 4.78 is 0. The summed E-state index contributed by atoms with van der Waals surface area (Å²) in [6.45, 7) is 9.26. The van der Waals surface area contributed by atoms with E-state index in [1.165, 1.54) is 58.0 Å². The van der Waals surface area contributed by atoms with Gasteiger partial charge in [-0.3, -0.25) is 4.90 Å². The van der Waals surface area contributed by atoms with Gasteiger partial charge in [-0.25, -0.2) is 9.97 Å². The number of rotatable bonds is 3. The number of piperidine rings is 1. The third-order valence-corrected chi connectivity index (χ3v) is 6.46. The van der Waals surface area contributed by atoms with E-state index in [4.69, 9.17) is 0 Å². The lowest BCUT2D eigenvalue weighted by molar-refractivity contribution is 0.132. The fourth-order valence-electron chi connectivity index (χ4n) is 4.73. The first-order chi connectivity index (χ1) is 12.3. The molecule has 3 fully saturated rings. The molecule has 5 nitrogen and oxygen atoms in total. The van der Waals surface area contributed by atoms with E-state index in [-0.39, 0.29) is 0 Å². The maximum Gasteiger partial charge on any atom is 0.134 e. The van der Waals surface area contributed by atoms with Gasteiger partial charge in [-0.15, -0.1) is 0 Å². The van der Waals surface area contributed by atoms with Gasteiger partial charge in [-0.05, 0) is 50.9 Å². The standard InChI is InChI=1S/C20H33N5/c1-17-5-7-18(8-6-17)23-11-13-25(14-12-23)20-15-19(21-16-22-20)24-9-3-2-4-10-24/h15-18H,2-14H2,1H3. The number of hydrogen-bond donors (Lipinski definition) is 0. The molecule has 1 aliphatic carbocycles. The normalized spacial score (nSPS) is 29.0. The molecular formula is C20H33N5. The lowest BCUT2D eigenvalue weighted by Gasteiger charge is -2.42. The van der Waals surface area contributed by atoms with E-state index in [9.17, 15) is 0 Å². The summed E-state index contributed by atoms with van der Waals surface area (Å²) in [5.41, 5.74) is 0. The van der Waals surface area contributed by atoms with Crippen molar-refractivity contribution in [3.63, 3.8) is 0 Å². The van der Waals surface area contributed by atoms with E-state index >= 15 is 0 Å². The zero-order valence-corrected chi connectivity index (χ0v) is 15.7. The maximum absolute atomic E-state index is 4.58. The van der Waals surface area contributed by atoms with Gasteiger partial charge >= 0.3 is 0 Å². The predicted molar refractivity (Wildman–Crippen MR) is 103 cm³/mol. The Morgan fingerprint density at radius 1 is 0.760 bits per heavy atom. The number of aromatic nitrogens is 2. The molecule has 0 unspecified atom stereocenters. The van der Waals surface area contributed by atoms with E-state index in [1.54, 1.807) is 6.33 Å². The van der Waals surface area contributed by atoms with Gasteiger partial charge in [0.1, 0.15) is 18.0 Å². The molecule has 2 aliphatic heterocycles. The first kappa shape index (κ1) is 17.1. The van der Waals surface area contributed by atoms with Gasteiger partial charge in [0.15, 0.2) is 0 Å². The van der Waals surface area contributed by atoms with Gasteiger partial charge in [0, 0.05) is 51.4 Å². The topological polar surface area (TPSA) is 35.5 Å². The van der Waals surface area contributed by atoms with Crippen LogP contribution in [0.4, 0.5) is 11.6 Å². The van der Waals surface area contributed by atoms with Crippen LogP contribution in [0.1, 0.15) is 51.9 Å². The van der Waals surface area contributed by atoms with E-state index in [2.05, 4.69) is 37.7 Å². The molecule has 3 aliphatic rings. The van der Waals surface area contributed by atoms with E-state index in [0.29, 0.717) is 0 Å². The number of piperazine rings is 1. The fraction of sp³-hybridized carbons (Fsp3) is 0.800. The molecule has 0 amide bonds. The van der Waals surface area contributed by atoms with Crippen LogP contribution in [0.5, 0.6) is 0 Å². The van der Waals surface area contributed by atoms with Crippen molar-refractivity contribution in [2.24, 2.45) is 5.92 Å². The zero-order valence-electron chi connectivity index (χ0n) is 15.7. The van der Waals surface area contributed by atoms with E-state index < -0.39 is 0 Å². The van der Waals surface area contributed by atoms with Gasteiger partial charge < -0.3 is 9.80 Å². The Morgan fingerprint density at radius 3 is 2.00 bits per heavy atom. The molecule has 5 heteroatoms. The minimum absolute atomic E-state index is 0.827. The summed E-state index contributed by atoms with van der Waals surface area (Å²) in [7, 11) is 0. The van der Waals surface area contributed by atoms with Crippen LogP contribution in [0, 0.1) is 5.92 Å². The van der Waals surface area contributed by atoms with Crippen molar-refractivity contribution in [1.82, 2.24) is 14.9 Å². The molecule has 25 heavy (non-hydrogen) atoms. The summed E-state index contributed by atoms with van der Waals surface area (Å²) in [5.74, 6) is 3.17. The Balaban J connectivity index is 1.34. The number of nitrogens with zero attached hydrogens (tertiary/aromatic N) is 5. The van der Waals surface area contributed by atoms with Crippen molar-refractivity contribution in [3.05, 3.63) is 12.4 Å². The van der Waals surface area contributed by atoms with Crippen molar-refractivity contribution in [2.75, 3.05) is 49.1 Å². The molecule has 0 spiro atoms. The van der Waals surface area contributed by atoms with Gasteiger partial charge in [-0.2, -0.15) is 0 Å². The van der Waals surface area contributed by atoms with Crippen molar-refractivity contribution in [2.45, 2.75) is 57.9 Å². The van der Waals surface area contributed by atoms with Crippen molar-refractivity contribution < 1.29 is 0 Å². The molecule has 1 saturated carbocycles. The highest BCUT2D eigenvalue weighted by Gasteiger charge is 2.27. The second kappa shape index (κ2) is 7.90. The quantitative estimate of drug-likeness (QED) is 0.842. The van der Waals surface area contributed by atoms with Gasteiger partial charge in [0.05, 0.1) is 0 Å². The molecule has 0 bridgehead atoms. The maximum atomic E-state index is 4.58. The molecule has 0 atom stereocenters. The average molecular weight is 344 g/mol. The number of hydrogen-bond acceptors (Lipinski definition) is 5. The molecular weight excluding hydrogens is 310 g/mol. The average Bonchev–Trinajstić information content (AvgIpc) is 2.70. The Bertz CT molecular complexity index is 541. The molecule has 0 radical (unpaired) electrons. The molecule has 4 rings (SSSR count). The smallest absolute Gasteiger partial charge is 0.134 e. The highest BCUT2D eigenvalue weighted by atomic mass is 15.3. The summed E-state index contributed by atoms with van der Waals surface area (Å²) in [6.07, 6.45) is 11.3. The van der Waals surface area contributed by atoms with Crippen molar-refractivity contribution >= 4 is 11.6 Å². The molecule has 0 aromatic carbocycles. The van der Waals surface area contributed by atoms with E-state index in [1.807, 2.05) is 0 Å². The summed E-state index contributed by atoms with van der Waals surface area (Å²) >= 11 is 0. The van der Waals surface area contributed by atoms with Gasteiger partial charge in [0.25, 0.3) is 0 Å². The number of anilines is 2. The molecule has 3 heterocycles. The van der Waals surface area contributed by atoms with Crippen LogP contribution in [0.2, 0.25) is 0 Å². The van der Waals surface area contributed by atoms with Gasteiger partial charge in [-0.1, -0.05) is 6.92 Å². The third-order valence-electron chi connectivity index (χ3n) is 6.46. The third kappa shape index (κ3) is 4.08. The second-order valence-electron chi connectivity index (χ2n) is 8.22. The lowest BCUT2D eigenvalue weighted by atomic mass is 9.86. The van der Waals surface area contributed by atoms with Crippen molar-refractivity contribution in [3.8, 4) is 0 Å². The molecule has 1 aromatic rings. The minimum Gasteiger partial charge on any atom is -0.356 e. The largest absolute Gasteiger partial charge is 0.356 e. The first-order valence-corrected chi connectivity index (χ1v) is 10.4. The SMILES string of the molecule is CC1CCC(N2CCN(c3cc(N4CCCCC4)ncn3)CC2)CC1. The lowest BCUT2D eigenvalue weighted by Crippen LogP contribution is -2.51. The van der Waals surface area contributed by atoms with Crippen LogP contribution in [0.15, 0.2) is 12.4 Å². The zero-order chi connectivity index (χ0) is 17.1. The highest BCUT2D eigenvalue weighted by Crippen LogP contribution is 2.28.